The minimum absolute atomic E-state index is 0.146. The normalized spacial score (nSPS) is 20.3. The van der Waals surface area contributed by atoms with Crippen LogP contribution in [0.2, 0.25) is 0 Å². The first kappa shape index (κ1) is 12.9. The van der Waals surface area contributed by atoms with Crippen molar-refractivity contribution >= 4 is 11.7 Å². The average molecular weight is 247 g/mol. The molecule has 0 radical (unpaired) electrons. The van der Waals surface area contributed by atoms with E-state index in [1.54, 1.807) is 0 Å². The molecule has 0 aliphatic heterocycles. The molecular weight excluding hydrogens is 226 g/mol. The summed E-state index contributed by atoms with van der Waals surface area (Å²) in [7, 11) is 0. The fraction of sp³-hybridized carbons (Fsp3) is 0.500. The van der Waals surface area contributed by atoms with Crippen molar-refractivity contribution in [1.82, 2.24) is 5.32 Å². The lowest BCUT2D eigenvalue weighted by Gasteiger charge is -2.09. The molecule has 1 aliphatic carbocycles. The smallest absolute Gasteiger partial charge is 0.319 e. The molecule has 1 unspecified atom stereocenters. The molecule has 0 spiro atoms. The number of hydrogen-bond acceptors (Lipinski definition) is 2. The number of carbonyl (C=O) groups is 1. The van der Waals surface area contributed by atoms with Crippen LogP contribution in [0.1, 0.15) is 25.8 Å². The number of rotatable bonds is 4. The standard InChI is InChI=1S/C14H21N3O/c1-14(2)7-11(14)9-16-13(18)17-12-5-3-4-10(6-12)8-15/h3-6,11H,7-9,15H2,1-2H3,(H2,16,17,18). The van der Waals surface area contributed by atoms with Gasteiger partial charge in [0.1, 0.15) is 0 Å². The van der Waals surface area contributed by atoms with Crippen LogP contribution < -0.4 is 16.4 Å². The molecule has 2 rings (SSSR count). The third-order valence-electron chi connectivity index (χ3n) is 3.65. The molecule has 1 aliphatic rings. The Bertz CT molecular complexity index is 442. The first-order chi connectivity index (χ1) is 8.51. The van der Waals surface area contributed by atoms with Crippen LogP contribution >= 0.6 is 0 Å². The number of amides is 2. The van der Waals surface area contributed by atoms with E-state index in [9.17, 15) is 4.79 Å². The molecule has 0 heterocycles. The highest BCUT2D eigenvalue weighted by Gasteiger charge is 2.45. The Morgan fingerprint density at radius 3 is 2.83 bits per heavy atom. The van der Waals surface area contributed by atoms with Gasteiger partial charge in [-0.05, 0) is 35.4 Å². The zero-order valence-corrected chi connectivity index (χ0v) is 11.0. The number of nitrogens with one attached hydrogen (secondary N) is 2. The van der Waals surface area contributed by atoms with E-state index in [4.69, 9.17) is 5.73 Å². The summed E-state index contributed by atoms with van der Waals surface area (Å²) in [5.74, 6) is 0.610. The Labute approximate surface area is 108 Å². The topological polar surface area (TPSA) is 67.2 Å². The summed E-state index contributed by atoms with van der Waals surface area (Å²) in [6.45, 7) is 5.67. The quantitative estimate of drug-likeness (QED) is 0.764. The molecule has 2 amide bonds. The molecule has 4 N–H and O–H groups in total. The van der Waals surface area contributed by atoms with Crippen LogP contribution in [0.15, 0.2) is 24.3 Å². The Kier molecular flexibility index (Phi) is 3.57. The number of carbonyl (C=O) groups excluding carboxylic acids is 1. The first-order valence-corrected chi connectivity index (χ1v) is 6.35. The van der Waals surface area contributed by atoms with Gasteiger partial charge >= 0.3 is 6.03 Å². The minimum Gasteiger partial charge on any atom is -0.338 e. The van der Waals surface area contributed by atoms with Crippen molar-refractivity contribution < 1.29 is 4.79 Å². The van der Waals surface area contributed by atoms with E-state index in [1.165, 1.54) is 6.42 Å². The maximum atomic E-state index is 11.7. The Morgan fingerprint density at radius 1 is 1.50 bits per heavy atom. The second kappa shape index (κ2) is 4.98. The number of benzene rings is 1. The van der Waals surface area contributed by atoms with Crippen molar-refractivity contribution in [3.8, 4) is 0 Å². The molecule has 1 fully saturated rings. The van der Waals surface area contributed by atoms with Gasteiger partial charge in [-0.3, -0.25) is 0 Å². The molecule has 1 aromatic rings. The van der Waals surface area contributed by atoms with Gasteiger partial charge in [-0.2, -0.15) is 0 Å². The highest BCUT2D eigenvalue weighted by molar-refractivity contribution is 5.89. The summed E-state index contributed by atoms with van der Waals surface area (Å²) in [6.07, 6.45) is 1.19. The van der Waals surface area contributed by atoms with Crippen molar-refractivity contribution in [3.05, 3.63) is 29.8 Å². The average Bonchev–Trinajstić information content (AvgIpc) is 2.95. The molecule has 18 heavy (non-hydrogen) atoms. The van der Waals surface area contributed by atoms with Crippen molar-refractivity contribution in [2.45, 2.75) is 26.8 Å². The van der Waals surface area contributed by atoms with Gasteiger partial charge in [0.2, 0.25) is 0 Å². The molecule has 1 aromatic carbocycles. The molecule has 1 saturated carbocycles. The lowest BCUT2D eigenvalue weighted by atomic mass is 10.1. The van der Waals surface area contributed by atoms with Crippen molar-refractivity contribution in [1.29, 1.82) is 0 Å². The van der Waals surface area contributed by atoms with E-state index in [-0.39, 0.29) is 6.03 Å². The summed E-state index contributed by atoms with van der Waals surface area (Å²) in [4.78, 5) is 11.7. The second-order valence-corrected chi connectivity index (χ2v) is 5.63. The molecule has 0 aromatic heterocycles. The predicted molar refractivity (Wildman–Crippen MR) is 73.2 cm³/mol. The van der Waals surface area contributed by atoms with Crippen LogP contribution in [-0.2, 0) is 6.54 Å². The fourth-order valence-electron chi connectivity index (χ4n) is 2.09. The van der Waals surface area contributed by atoms with Crippen LogP contribution in [0, 0.1) is 11.3 Å². The molecule has 0 bridgehead atoms. The van der Waals surface area contributed by atoms with Crippen LogP contribution in [0.5, 0.6) is 0 Å². The molecule has 4 nitrogen and oxygen atoms in total. The van der Waals surface area contributed by atoms with Crippen LogP contribution in [0.4, 0.5) is 10.5 Å². The molecule has 98 valence electrons. The van der Waals surface area contributed by atoms with Gasteiger partial charge in [0.05, 0.1) is 0 Å². The predicted octanol–water partition coefficient (Wildman–Crippen LogP) is 2.31. The van der Waals surface area contributed by atoms with E-state index in [2.05, 4.69) is 24.5 Å². The van der Waals surface area contributed by atoms with Gasteiger partial charge in [-0.1, -0.05) is 26.0 Å². The number of hydrogen-bond donors (Lipinski definition) is 3. The van der Waals surface area contributed by atoms with Crippen LogP contribution in [-0.4, -0.2) is 12.6 Å². The molecule has 4 heteroatoms. The second-order valence-electron chi connectivity index (χ2n) is 5.63. The Morgan fingerprint density at radius 2 is 2.22 bits per heavy atom. The van der Waals surface area contributed by atoms with E-state index in [1.807, 2.05) is 24.3 Å². The van der Waals surface area contributed by atoms with Gasteiger partial charge in [0.25, 0.3) is 0 Å². The third kappa shape index (κ3) is 3.23. The molecule has 1 atom stereocenters. The lowest BCUT2D eigenvalue weighted by molar-refractivity contribution is 0.251. The van der Waals surface area contributed by atoms with Gasteiger partial charge in [-0.25, -0.2) is 4.79 Å². The van der Waals surface area contributed by atoms with E-state index >= 15 is 0 Å². The summed E-state index contributed by atoms with van der Waals surface area (Å²) in [5, 5.41) is 5.73. The number of nitrogens with two attached hydrogens (primary N) is 1. The molecule has 0 saturated heterocycles. The Balaban J connectivity index is 1.80. The third-order valence-corrected chi connectivity index (χ3v) is 3.65. The van der Waals surface area contributed by atoms with Crippen molar-refractivity contribution in [2.75, 3.05) is 11.9 Å². The van der Waals surface area contributed by atoms with E-state index in [0.29, 0.717) is 17.9 Å². The first-order valence-electron chi connectivity index (χ1n) is 6.35. The van der Waals surface area contributed by atoms with Crippen molar-refractivity contribution in [2.24, 2.45) is 17.1 Å². The van der Waals surface area contributed by atoms with Crippen molar-refractivity contribution in [3.63, 3.8) is 0 Å². The highest BCUT2D eigenvalue weighted by Crippen LogP contribution is 2.50. The zero-order valence-electron chi connectivity index (χ0n) is 11.0. The largest absolute Gasteiger partial charge is 0.338 e. The van der Waals surface area contributed by atoms with Gasteiger partial charge in [0, 0.05) is 18.8 Å². The number of anilines is 1. The number of urea groups is 1. The SMILES string of the molecule is CC1(C)CC1CNC(=O)Nc1cccc(CN)c1. The van der Waals surface area contributed by atoms with E-state index in [0.717, 1.165) is 17.8 Å². The highest BCUT2D eigenvalue weighted by atomic mass is 16.2. The Hall–Kier alpha value is -1.55. The van der Waals surface area contributed by atoms with Crippen LogP contribution in [0.3, 0.4) is 0 Å². The summed E-state index contributed by atoms with van der Waals surface area (Å²) >= 11 is 0. The summed E-state index contributed by atoms with van der Waals surface area (Å²) in [6, 6.07) is 7.43. The van der Waals surface area contributed by atoms with Crippen LogP contribution in [0.25, 0.3) is 0 Å². The summed E-state index contributed by atoms with van der Waals surface area (Å²) < 4.78 is 0. The lowest BCUT2D eigenvalue weighted by Crippen LogP contribution is -2.31. The minimum atomic E-state index is -0.146. The van der Waals surface area contributed by atoms with Gasteiger partial charge < -0.3 is 16.4 Å². The zero-order chi connectivity index (χ0) is 13.2. The molecular formula is C14H21N3O. The van der Waals surface area contributed by atoms with E-state index < -0.39 is 0 Å². The maximum Gasteiger partial charge on any atom is 0.319 e. The van der Waals surface area contributed by atoms with Gasteiger partial charge in [-0.15, -0.1) is 0 Å². The fourth-order valence-corrected chi connectivity index (χ4v) is 2.09. The summed E-state index contributed by atoms with van der Waals surface area (Å²) in [5.41, 5.74) is 7.75. The van der Waals surface area contributed by atoms with Gasteiger partial charge in [0.15, 0.2) is 0 Å². The maximum absolute atomic E-state index is 11.7. The monoisotopic (exact) mass is 247 g/mol.